The number of nitrogens with one attached hydrogen (secondary N) is 2. The largest absolute Gasteiger partial charge is 0.347 e. The van der Waals surface area contributed by atoms with Gasteiger partial charge in [-0.3, -0.25) is 9.59 Å². The molecule has 2 rings (SSSR count). The van der Waals surface area contributed by atoms with Crippen LogP contribution >= 0.6 is 0 Å². The van der Waals surface area contributed by atoms with Gasteiger partial charge in [0.05, 0.1) is 0 Å². The van der Waals surface area contributed by atoms with Crippen molar-refractivity contribution < 1.29 is 14.0 Å². The van der Waals surface area contributed by atoms with Gasteiger partial charge in [0.1, 0.15) is 11.6 Å². The van der Waals surface area contributed by atoms with Gasteiger partial charge in [-0.15, -0.1) is 0 Å². The molecule has 1 aromatic heterocycles. The van der Waals surface area contributed by atoms with Crippen molar-refractivity contribution in [2.45, 2.75) is 13.3 Å². The number of aromatic nitrogens is 1. The lowest BCUT2D eigenvalue weighted by molar-refractivity contribution is -0.136. The maximum atomic E-state index is 12.7. The minimum absolute atomic E-state index is 0.291. The van der Waals surface area contributed by atoms with E-state index in [1.54, 1.807) is 37.3 Å². The predicted octanol–water partition coefficient (Wildman–Crippen LogP) is 1.83. The molecule has 0 bridgehead atoms. The summed E-state index contributed by atoms with van der Waals surface area (Å²) in [6, 6.07) is 11.1. The zero-order chi connectivity index (χ0) is 15.9. The van der Waals surface area contributed by atoms with Crippen LogP contribution in [0.15, 0.2) is 42.5 Å². The Hall–Kier alpha value is -2.76. The predicted molar refractivity (Wildman–Crippen MR) is 80.7 cm³/mol. The number of hydrogen-bond acceptors (Lipinski definition) is 3. The highest BCUT2D eigenvalue weighted by Gasteiger charge is 2.13. The summed E-state index contributed by atoms with van der Waals surface area (Å²) in [5.41, 5.74) is 1.62. The Morgan fingerprint density at radius 2 is 1.82 bits per heavy atom. The third kappa shape index (κ3) is 4.66. The summed E-state index contributed by atoms with van der Waals surface area (Å²) in [7, 11) is 0. The van der Waals surface area contributed by atoms with E-state index < -0.39 is 11.8 Å². The Balaban J connectivity index is 1.79. The maximum absolute atomic E-state index is 12.7. The zero-order valence-corrected chi connectivity index (χ0v) is 12.1. The van der Waals surface area contributed by atoms with Crippen molar-refractivity contribution in [2.24, 2.45) is 0 Å². The molecule has 114 valence electrons. The van der Waals surface area contributed by atoms with E-state index in [-0.39, 0.29) is 5.82 Å². The van der Waals surface area contributed by atoms with E-state index >= 15 is 0 Å². The average Bonchev–Trinajstić information content (AvgIpc) is 2.49. The van der Waals surface area contributed by atoms with Gasteiger partial charge < -0.3 is 10.6 Å². The molecule has 0 aliphatic carbocycles. The number of benzene rings is 1. The van der Waals surface area contributed by atoms with Gasteiger partial charge in [0.2, 0.25) is 0 Å². The van der Waals surface area contributed by atoms with Crippen LogP contribution < -0.4 is 10.6 Å². The van der Waals surface area contributed by atoms with E-state index in [1.165, 1.54) is 12.1 Å². The van der Waals surface area contributed by atoms with Gasteiger partial charge in [0.15, 0.2) is 0 Å². The number of carbonyl (C=O) groups excluding carboxylic acids is 2. The molecule has 0 aliphatic rings. The third-order valence-corrected chi connectivity index (χ3v) is 2.95. The Morgan fingerprint density at radius 3 is 2.50 bits per heavy atom. The Bertz CT molecular complexity index is 671. The van der Waals surface area contributed by atoms with Crippen molar-refractivity contribution >= 4 is 17.6 Å². The summed E-state index contributed by atoms with van der Waals surface area (Å²) in [5, 5.41) is 4.93. The van der Waals surface area contributed by atoms with Crippen LogP contribution in [0.4, 0.5) is 10.2 Å². The number of aryl methyl sites for hydroxylation is 1. The highest BCUT2D eigenvalue weighted by molar-refractivity contribution is 6.39. The van der Waals surface area contributed by atoms with E-state index in [1.807, 2.05) is 0 Å². The fourth-order valence-electron chi connectivity index (χ4n) is 1.84. The molecule has 0 saturated carbocycles. The lowest BCUT2D eigenvalue weighted by atomic mass is 10.1. The fraction of sp³-hybridized carbons (Fsp3) is 0.188. The van der Waals surface area contributed by atoms with E-state index in [4.69, 9.17) is 0 Å². The molecule has 0 spiro atoms. The topological polar surface area (TPSA) is 71.1 Å². The number of nitrogens with zero attached hydrogens (tertiary/aromatic N) is 1. The monoisotopic (exact) mass is 301 g/mol. The van der Waals surface area contributed by atoms with Crippen molar-refractivity contribution in [2.75, 3.05) is 11.9 Å². The minimum atomic E-state index is -0.766. The summed E-state index contributed by atoms with van der Waals surface area (Å²) < 4.78 is 12.7. The highest BCUT2D eigenvalue weighted by Crippen LogP contribution is 2.04. The maximum Gasteiger partial charge on any atom is 0.314 e. The van der Waals surface area contributed by atoms with Gasteiger partial charge in [0.25, 0.3) is 0 Å². The average molecular weight is 301 g/mol. The number of halogens is 1. The van der Waals surface area contributed by atoms with Crippen LogP contribution in [0.1, 0.15) is 11.3 Å². The lowest BCUT2D eigenvalue weighted by Gasteiger charge is -2.06. The van der Waals surface area contributed by atoms with Gasteiger partial charge >= 0.3 is 11.8 Å². The van der Waals surface area contributed by atoms with Gasteiger partial charge in [-0.05, 0) is 43.2 Å². The standard InChI is InChI=1S/C16H16FN3O2/c1-11-3-2-4-14(19-11)20-16(22)15(21)18-10-9-12-5-7-13(17)8-6-12/h2-8H,9-10H2,1H3,(H,18,21)(H,19,20,22). The molecular weight excluding hydrogens is 285 g/mol. The van der Waals surface area contributed by atoms with Crippen molar-refractivity contribution in [3.8, 4) is 0 Å². The van der Waals surface area contributed by atoms with E-state index in [0.717, 1.165) is 11.3 Å². The van der Waals surface area contributed by atoms with Crippen LogP contribution in [-0.4, -0.2) is 23.3 Å². The smallest absolute Gasteiger partial charge is 0.314 e. The van der Waals surface area contributed by atoms with Gasteiger partial charge in [0, 0.05) is 12.2 Å². The fourth-order valence-corrected chi connectivity index (χ4v) is 1.84. The lowest BCUT2D eigenvalue weighted by Crippen LogP contribution is -2.36. The molecule has 0 fully saturated rings. The molecule has 2 N–H and O–H groups in total. The molecule has 1 aromatic carbocycles. The minimum Gasteiger partial charge on any atom is -0.347 e. The van der Waals surface area contributed by atoms with Gasteiger partial charge in [-0.1, -0.05) is 18.2 Å². The first-order valence-electron chi connectivity index (χ1n) is 6.82. The van der Waals surface area contributed by atoms with Crippen LogP contribution in [0.3, 0.4) is 0 Å². The Morgan fingerprint density at radius 1 is 1.09 bits per heavy atom. The quantitative estimate of drug-likeness (QED) is 0.846. The first-order chi connectivity index (χ1) is 10.5. The summed E-state index contributed by atoms with van der Waals surface area (Å²) in [4.78, 5) is 27.4. The number of hydrogen-bond donors (Lipinski definition) is 2. The number of pyridine rings is 1. The molecule has 2 aromatic rings. The molecule has 0 aliphatic heterocycles. The number of amides is 2. The van der Waals surface area contributed by atoms with Crippen LogP contribution in [0.2, 0.25) is 0 Å². The molecule has 22 heavy (non-hydrogen) atoms. The van der Waals surface area contributed by atoms with Gasteiger partial charge in [-0.2, -0.15) is 0 Å². The number of anilines is 1. The molecule has 0 unspecified atom stereocenters. The Kier molecular flexibility index (Phi) is 5.19. The SMILES string of the molecule is Cc1cccc(NC(=O)C(=O)NCCc2ccc(F)cc2)n1. The van der Waals surface area contributed by atoms with Crippen LogP contribution in [0.25, 0.3) is 0 Å². The van der Waals surface area contributed by atoms with E-state index in [9.17, 15) is 14.0 Å². The number of rotatable bonds is 4. The van der Waals surface area contributed by atoms with Gasteiger partial charge in [-0.25, -0.2) is 9.37 Å². The third-order valence-electron chi connectivity index (χ3n) is 2.95. The van der Waals surface area contributed by atoms with Crippen molar-refractivity contribution in [1.82, 2.24) is 10.3 Å². The van der Waals surface area contributed by atoms with Crippen LogP contribution in [-0.2, 0) is 16.0 Å². The Labute approximate surface area is 127 Å². The zero-order valence-electron chi connectivity index (χ0n) is 12.1. The van der Waals surface area contributed by atoms with Crippen molar-refractivity contribution in [1.29, 1.82) is 0 Å². The van der Waals surface area contributed by atoms with Crippen molar-refractivity contribution in [3.63, 3.8) is 0 Å². The number of carbonyl (C=O) groups is 2. The van der Waals surface area contributed by atoms with E-state index in [0.29, 0.717) is 18.8 Å². The normalized spacial score (nSPS) is 10.1. The first kappa shape index (κ1) is 15.6. The summed E-state index contributed by atoms with van der Waals surface area (Å²) in [5.74, 6) is -1.47. The summed E-state index contributed by atoms with van der Waals surface area (Å²) in [6.07, 6.45) is 0.516. The molecule has 6 heteroatoms. The molecule has 2 amide bonds. The highest BCUT2D eigenvalue weighted by atomic mass is 19.1. The first-order valence-corrected chi connectivity index (χ1v) is 6.82. The second-order valence-corrected chi connectivity index (χ2v) is 4.75. The summed E-state index contributed by atoms with van der Waals surface area (Å²) >= 11 is 0. The molecular formula is C16H16FN3O2. The molecule has 0 atom stereocenters. The summed E-state index contributed by atoms with van der Waals surface area (Å²) in [6.45, 7) is 2.08. The van der Waals surface area contributed by atoms with Crippen LogP contribution in [0.5, 0.6) is 0 Å². The second kappa shape index (κ2) is 7.31. The molecule has 1 heterocycles. The molecule has 0 saturated heterocycles. The van der Waals surface area contributed by atoms with E-state index in [2.05, 4.69) is 15.6 Å². The molecule has 5 nitrogen and oxygen atoms in total. The van der Waals surface area contributed by atoms with Crippen LogP contribution in [0, 0.1) is 12.7 Å². The molecule has 0 radical (unpaired) electrons. The van der Waals surface area contributed by atoms with Crippen molar-refractivity contribution in [3.05, 3.63) is 59.5 Å². The second-order valence-electron chi connectivity index (χ2n) is 4.75.